The molecule has 0 saturated carbocycles. The van der Waals surface area contributed by atoms with Crippen LogP contribution >= 0.6 is 0 Å². The summed E-state index contributed by atoms with van der Waals surface area (Å²) in [7, 11) is 0. The smallest absolute Gasteiger partial charge is 0.372 e. The first-order valence-electron chi connectivity index (χ1n) is 8.51. The van der Waals surface area contributed by atoms with Gasteiger partial charge in [-0.15, -0.1) is 0 Å². The molecule has 0 unspecified atom stereocenters. The summed E-state index contributed by atoms with van der Waals surface area (Å²) in [5, 5.41) is 2.52. The number of alkyl halides is 3. The molecule has 2 aromatic rings. The lowest BCUT2D eigenvalue weighted by molar-refractivity contribution is -0.137. The summed E-state index contributed by atoms with van der Waals surface area (Å²) >= 11 is 0. The van der Waals surface area contributed by atoms with Gasteiger partial charge in [-0.1, -0.05) is 18.2 Å². The fraction of sp³-hybridized carbons (Fsp3) is 0.250. The molecule has 0 atom stereocenters. The van der Waals surface area contributed by atoms with Crippen LogP contribution in [0.4, 0.5) is 24.5 Å². The van der Waals surface area contributed by atoms with Crippen LogP contribution in [0.2, 0.25) is 0 Å². The SMILES string of the molecule is O=C1Nc2cc(C(F)(F)F)ccc2/C1=C/c1ccc(N2CCCC2)cc1. The second kappa shape index (κ2) is 6.20. The van der Waals surface area contributed by atoms with Gasteiger partial charge in [0.25, 0.3) is 5.91 Å². The molecule has 2 aliphatic rings. The fourth-order valence-corrected chi connectivity index (χ4v) is 3.44. The van der Waals surface area contributed by atoms with Crippen LogP contribution in [0.1, 0.15) is 29.5 Å². The molecule has 3 nitrogen and oxygen atoms in total. The molecule has 2 aromatic carbocycles. The molecule has 1 N–H and O–H groups in total. The van der Waals surface area contributed by atoms with E-state index in [1.165, 1.54) is 18.9 Å². The normalized spacial score (nSPS) is 18.3. The third-order valence-corrected chi connectivity index (χ3v) is 4.81. The Bertz CT molecular complexity index is 879. The van der Waals surface area contributed by atoms with Crippen LogP contribution < -0.4 is 10.2 Å². The molecule has 26 heavy (non-hydrogen) atoms. The summed E-state index contributed by atoms with van der Waals surface area (Å²) in [5.74, 6) is -0.386. The van der Waals surface area contributed by atoms with Crippen molar-refractivity contribution in [2.75, 3.05) is 23.3 Å². The van der Waals surface area contributed by atoms with Crippen molar-refractivity contribution in [3.63, 3.8) is 0 Å². The Morgan fingerprint density at radius 2 is 1.69 bits per heavy atom. The van der Waals surface area contributed by atoms with Gasteiger partial charge in [0.05, 0.1) is 5.56 Å². The topological polar surface area (TPSA) is 32.3 Å². The van der Waals surface area contributed by atoms with Crippen LogP contribution in [0.15, 0.2) is 42.5 Å². The molecule has 2 aliphatic heterocycles. The zero-order chi connectivity index (χ0) is 18.3. The van der Waals surface area contributed by atoms with Crippen molar-refractivity contribution in [1.29, 1.82) is 0 Å². The first-order chi connectivity index (χ1) is 12.4. The first kappa shape index (κ1) is 16.7. The Balaban J connectivity index is 1.63. The maximum Gasteiger partial charge on any atom is 0.416 e. The summed E-state index contributed by atoms with van der Waals surface area (Å²) < 4.78 is 38.5. The van der Waals surface area contributed by atoms with E-state index >= 15 is 0 Å². The lowest BCUT2D eigenvalue weighted by Gasteiger charge is -2.17. The number of fused-ring (bicyclic) bond motifs is 1. The molecule has 0 bridgehead atoms. The minimum absolute atomic E-state index is 0.199. The first-order valence-corrected chi connectivity index (χ1v) is 8.51. The third-order valence-electron chi connectivity index (χ3n) is 4.81. The van der Waals surface area contributed by atoms with Crippen molar-refractivity contribution < 1.29 is 18.0 Å². The van der Waals surface area contributed by atoms with Crippen LogP contribution in [0.3, 0.4) is 0 Å². The van der Waals surface area contributed by atoms with E-state index in [2.05, 4.69) is 10.2 Å². The average molecular weight is 358 g/mol. The summed E-state index contributed by atoms with van der Waals surface area (Å²) in [5.41, 5.74) is 2.29. The minimum atomic E-state index is -4.43. The van der Waals surface area contributed by atoms with Gasteiger partial charge in [-0.2, -0.15) is 13.2 Å². The average Bonchev–Trinajstić information content (AvgIpc) is 3.23. The van der Waals surface area contributed by atoms with Gasteiger partial charge < -0.3 is 10.2 Å². The van der Waals surface area contributed by atoms with Gasteiger partial charge >= 0.3 is 6.18 Å². The summed E-state index contributed by atoms with van der Waals surface area (Å²) in [6.45, 7) is 2.11. The van der Waals surface area contributed by atoms with Crippen molar-refractivity contribution >= 4 is 28.9 Å². The number of amides is 1. The highest BCUT2D eigenvalue weighted by atomic mass is 19.4. The van der Waals surface area contributed by atoms with E-state index in [1.807, 2.05) is 24.3 Å². The van der Waals surface area contributed by atoms with E-state index < -0.39 is 11.7 Å². The van der Waals surface area contributed by atoms with Gasteiger partial charge in [-0.25, -0.2) is 0 Å². The number of halogens is 3. The van der Waals surface area contributed by atoms with Crippen LogP contribution in [0, 0.1) is 0 Å². The van der Waals surface area contributed by atoms with Gasteiger partial charge in [-0.05, 0) is 48.7 Å². The number of anilines is 2. The summed E-state index contributed by atoms with van der Waals surface area (Å²) in [6, 6.07) is 11.2. The highest BCUT2D eigenvalue weighted by Gasteiger charge is 2.33. The predicted molar refractivity (Wildman–Crippen MR) is 95.8 cm³/mol. The summed E-state index contributed by atoms with van der Waals surface area (Å²) in [6.07, 6.45) is -0.328. The number of carbonyl (C=O) groups excluding carboxylic acids is 1. The van der Waals surface area contributed by atoms with Crippen molar-refractivity contribution in [2.24, 2.45) is 0 Å². The third kappa shape index (κ3) is 3.07. The van der Waals surface area contributed by atoms with E-state index in [9.17, 15) is 18.0 Å². The van der Waals surface area contributed by atoms with Crippen molar-refractivity contribution in [1.82, 2.24) is 0 Å². The lowest BCUT2D eigenvalue weighted by Crippen LogP contribution is -2.17. The van der Waals surface area contributed by atoms with Gasteiger partial charge in [0.1, 0.15) is 0 Å². The lowest BCUT2D eigenvalue weighted by atomic mass is 10.0. The number of hydrogen-bond acceptors (Lipinski definition) is 2. The zero-order valence-corrected chi connectivity index (χ0v) is 13.9. The number of nitrogens with one attached hydrogen (secondary N) is 1. The van der Waals surface area contributed by atoms with Gasteiger partial charge in [0, 0.05) is 35.6 Å². The molecule has 6 heteroatoms. The van der Waals surface area contributed by atoms with Crippen LogP contribution in [-0.2, 0) is 11.0 Å². The van der Waals surface area contributed by atoms with Crippen LogP contribution in [0.25, 0.3) is 11.6 Å². The number of carbonyl (C=O) groups is 1. The second-order valence-electron chi connectivity index (χ2n) is 6.56. The quantitative estimate of drug-likeness (QED) is 0.782. The largest absolute Gasteiger partial charge is 0.416 e. The Hall–Kier alpha value is -2.76. The molecule has 134 valence electrons. The monoisotopic (exact) mass is 358 g/mol. The van der Waals surface area contributed by atoms with Crippen molar-refractivity contribution in [2.45, 2.75) is 19.0 Å². The Labute approximate surface area is 149 Å². The molecule has 0 aliphatic carbocycles. The molecule has 0 aromatic heterocycles. The minimum Gasteiger partial charge on any atom is -0.372 e. The maximum absolute atomic E-state index is 12.8. The standard InChI is InChI=1S/C20H17F3N2O/c21-20(22,23)14-5-8-16-17(19(26)24-18(16)12-14)11-13-3-6-15(7-4-13)25-9-1-2-10-25/h3-8,11-12H,1-2,9-10H2,(H,24,26)/b17-11-. The molecule has 1 amide bonds. The predicted octanol–water partition coefficient (Wildman–Crippen LogP) is 4.80. The van der Waals surface area contributed by atoms with Crippen molar-refractivity contribution in [3.8, 4) is 0 Å². The molecular weight excluding hydrogens is 341 g/mol. The molecule has 4 rings (SSSR count). The fourth-order valence-electron chi connectivity index (χ4n) is 3.44. The number of nitrogens with zero attached hydrogens (tertiary/aromatic N) is 1. The van der Waals surface area contributed by atoms with E-state index in [4.69, 9.17) is 0 Å². The second-order valence-corrected chi connectivity index (χ2v) is 6.56. The van der Waals surface area contributed by atoms with E-state index in [0.29, 0.717) is 11.1 Å². The van der Waals surface area contributed by atoms with E-state index in [1.54, 1.807) is 6.08 Å². The van der Waals surface area contributed by atoms with Crippen molar-refractivity contribution in [3.05, 3.63) is 59.2 Å². The van der Waals surface area contributed by atoms with Gasteiger partial charge in [0.2, 0.25) is 0 Å². The number of hydrogen-bond donors (Lipinski definition) is 1. The maximum atomic E-state index is 12.8. The molecule has 1 fully saturated rings. The molecular formula is C20H17F3N2O. The van der Waals surface area contributed by atoms with E-state index in [0.717, 1.165) is 36.5 Å². The molecule has 2 heterocycles. The van der Waals surface area contributed by atoms with E-state index in [-0.39, 0.29) is 11.6 Å². The summed E-state index contributed by atoms with van der Waals surface area (Å²) in [4.78, 5) is 14.5. The highest BCUT2D eigenvalue weighted by molar-refractivity contribution is 6.34. The number of benzene rings is 2. The Morgan fingerprint density at radius 3 is 2.35 bits per heavy atom. The van der Waals surface area contributed by atoms with Crippen LogP contribution in [0.5, 0.6) is 0 Å². The van der Waals surface area contributed by atoms with Gasteiger partial charge in [-0.3, -0.25) is 4.79 Å². The highest BCUT2D eigenvalue weighted by Crippen LogP contribution is 2.38. The van der Waals surface area contributed by atoms with Crippen LogP contribution in [-0.4, -0.2) is 19.0 Å². The number of rotatable bonds is 2. The zero-order valence-electron chi connectivity index (χ0n) is 13.9. The van der Waals surface area contributed by atoms with Gasteiger partial charge in [0.15, 0.2) is 0 Å². The molecule has 0 radical (unpaired) electrons. The molecule has 0 spiro atoms. The Morgan fingerprint density at radius 1 is 1.00 bits per heavy atom. The Kier molecular flexibility index (Phi) is 3.98. The molecule has 1 saturated heterocycles.